The van der Waals surface area contributed by atoms with E-state index in [0.717, 1.165) is 17.8 Å². The predicted molar refractivity (Wildman–Crippen MR) is 69.4 cm³/mol. The fourth-order valence-corrected chi connectivity index (χ4v) is 1.67. The normalized spacial score (nSPS) is 10.7. The van der Waals surface area contributed by atoms with E-state index >= 15 is 0 Å². The molecule has 4 nitrogen and oxygen atoms in total. The van der Waals surface area contributed by atoms with E-state index in [9.17, 15) is 4.39 Å². The number of halogens is 1. The van der Waals surface area contributed by atoms with E-state index in [1.165, 1.54) is 6.07 Å². The monoisotopic (exact) mass is 264 g/mol. The topological polar surface area (TPSA) is 47.3 Å². The number of nitrogens with zero attached hydrogens (tertiary/aromatic N) is 1. The molecule has 1 aromatic carbocycles. The first-order valence-electron chi connectivity index (χ1n) is 6.23. The van der Waals surface area contributed by atoms with Crippen molar-refractivity contribution < 1.29 is 13.7 Å². The number of benzene rings is 1. The predicted octanol–water partition coefficient (Wildman–Crippen LogP) is 2.81. The van der Waals surface area contributed by atoms with E-state index in [1.54, 1.807) is 12.1 Å². The van der Waals surface area contributed by atoms with Crippen molar-refractivity contribution in [3.8, 4) is 5.75 Å². The summed E-state index contributed by atoms with van der Waals surface area (Å²) in [5.74, 6) is 0.426. The first kappa shape index (κ1) is 13.5. The Kier molecular flexibility index (Phi) is 4.52. The number of rotatable bonds is 6. The zero-order valence-electron chi connectivity index (χ0n) is 11.1. The molecule has 5 heteroatoms. The van der Waals surface area contributed by atoms with E-state index in [-0.39, 0.29) is 18.2 Å². The van der Waals surface area contributed by atoms with Crippen molar-refractivity contribution in [2.24, 2.45) is 0 Å². The highest BCUT2D eigenvalue weighted by atomic mass is 19.1. The van der Waals surface area contributed by atoms with Crippen molar-refractivity contribution >= 4 is 0 Å². The minimum Gasteiger partial charge on any atom is -0.482 e. The quantitative estimate of drug-likeness (QED) is 0.871. The lowest BCUT2D eigenvalue weighted by atomic mass is 10.2. The molecule has 19 heavy (non-hydrogen) atoms. The Labute approximate surface area is 111 Å². The highest BCUT2D eigenvalue weighted by molar-refractivity contribution is 5.29. The molecule has 0 aliphatic rings. The van der Waals surface area contributed by atoms with Crippen LogP contribution in [-0.2, 0) is 13.2 Å². The Morgan fingerprint density at radius 2 is 2.21 bits per heavy atom. The summed E-state index contributed by atoms with van der Waals surface area (Å²) in [4.78, 5) is 0. The summed E-state index contributed by atoms with van der Waals surface area (Å²) < 4.78 is 24.1. The van der Waals surface area contributed by atoms with Gasteiger partial charge in [0.2, 0.25) is 0 Å². The van der Waals surface area contributed by atoms with Gasteiger partial charge in [0.25, 0.3) is 0 Å². The third kappa shape index (κ3) is 3.79. The van der Waals surface area contributed by atoms with Gasteiger partial charge in [-0.1, -0.05) is 18.1 Å². The molecular formula is C14H17FN2O2. The molecule has 0 aliphatic heterocycles. The fourth-order valence-electron chi connectivity index (χ4n) is 1.67. The summed E-state index contributed by atoms with van der Waals surface area (Å²) in [6.45, 7) is 5.50. The molecule has 2 aromatic rings. The van der Waals surface area contributed by atoms with Gasteiger partial charge in [-0.05, 0) is 31.2 Å². The van der Waals surface area contributed by atoms with Crippen molar-refractivity contribution in [3.63, 3.8) is 0 Å². The van der Waals surface area contributed by atoms with Crippen LogP contribution in [0.1, 0.15) is 23.9 Å². The zero-order valence-corrected chi connectivity index (χ0v) is 11.1. The van der Waals surface area contributed by atoms with E-state index in [1.807, 2.05) is 19.9 Å². The van der Waals surface area contributed by atoms with E-state index in [2.05, 4.69) is 10.5 Å². The molecule has 0 unspecified atom stereocenters. The van der Waals surface area contributed by atoms with Crippen LogP contribution < -0.4 is 10.1 Å². The van der Waals surface area contributed by atoms with Crippen molar-refractivity contribution in [2.75, 3.05) is 6.54 Å². The van der Waals surface area contributed by atoms with Crippen LogP contribution in [0.4, 0.5) is 4.39 Å². The number of ether oxygens (including phenoxy) is 1. The lowest BCUT2D eigenvalue weighted by Crippen LogP contribution is -2.11. The molecule has 0 radical (unpaired) electrons. The number of aromatic nitrogens is 1. The molecule has 0 fully saturated rings. The van der Waals surface area contributed by atoms with Crippen molar-refractivity contribution in [1.82, 2.24) is 10.5 Å². The number of hydrogen-bond acceptors (Lipinski definition) is 4. The van der Waals surface area contributed by atoms with Crippen LogP contribution in [-0.4, -0.2) is 11.7 Å². The molecule has 1 heterocycles. The van der Waals surface area contributed by atoms with Crippen molar-refractivity contribution in [1.29, 1.82) is 0 Å². The molecule has 0 bridgehead atoms. The van der Waals surface area contributed by atoms with E-state index in [4.69, 9.17) is 9.26 Å². The van der Waals surface area contributed by atoms with Crippen LogP contribution in [0.25, 0.3) is 0 Å². The molecule has 0 aliphatic carbocycles. The molecule has 102 valence electrons. The highest BCUT2D eigenvalue weighted by Gasteiger charge is 2.07. The lowest BCUT2D eigenvalue weighted by Gasteiger charge is -2.07. The zero-order chi connectivity index (χ0) is 13.7. The summed E-state index contributed by atoms with van der Waals surface area (Å²) in [5, 5.41) is 6.88. The smallest absolute Gasteiger partial charge is 0.174 e. The first-order chi connectivity index (χ1) is 9.19. The number of hydrogen-bond donors (Lipinski definition) is 1. The minimum absolute atomic E-state index is 0.171. The third-order valence-corrected chi connectivity index (χ3v) is 2.62. The van der Waals surface area contributed by atoms with Crippen LogP contribution in [0, 0.1) is 12.7 Å². The molecule has 2 rings (SSSR count). The Morgan fingerprint density at radius 1 is 1.37 bits per heavy atom. The standard InChI is InChI=1S/C14H17FN2O2/c1-3-16-8-11-4-5-14(13(15)7-11)18-9-12-6-10(2)17-19-12/h4-7,16H,3,8-9H2,1-2H3. The lowest BCUT2D eigenvalue weighted by molar-refractivity contribution is 0.240. The minimum atomic E-state index is -0.369. The van der Waals surface area contributed by atoms with Crippen molar-refractivity contribution in [3.05, 3.63) is 47.1 Å². The maximum atomic E-state index is 13.8. The molecule has 0 saturated carbocycles. The van der Waals surface area contributed by atoms with Gasteiger partial charge >= 0.3 is 0 Å². The van der Waals surface area contributed by atoms with Gasteiger partial charge in [-0.2, -0.15) is 0 Å². The Hall–Kier alpha value is -1.88. The van der Waals surface area contributed by atoms with Gasteiger partial charge in [-0.25, -0.2) is 4.39 Å². The maximum Gasteiger partial charge on any atom is 0.174 e. The summed E-state index contributed by atoms with van der Waals surface area (Å²) in [5.41, 5.74) is 1.67. The average molecular weight is 264 g/mol. The second-order valence-electron chi connectivity index (χ2n) is 4.27. The number of nitrogens with one attached hydrogen (secondary N) is 1. The third-order valence-electron chi connectivity index (χ3n) is 2.62. The maximum absolute atomic E-state index is 13.8. The van der Waals surface area contributed by atoms with Gasteiger partial charge in [-0.3, -0.25) is 0 Å². The van der Waals surface area contributed by atoms with Gasteiger partial charge in [0.1, 0.15) is 6.61 Å². The van der Waals surface area contributed by atoms with Crippen molar-refractivity contribution in [2.45, 2.75) is 27.0 Å². The van der Waals surface area contributed by atoms with Gasteiger partial charge in [0.15, 0.2) is 17.3 Å². The first-order valence-corrected chi connectivity index (χ1v) is 6.23. The Morgan fingerprint density at radius 3 is 2.84 bits per heavy atom. The van der Waals surface area contributed by atoms with Crippen LogP contribution in [0.15, 0.2) is 28.8 Å². The highest BCUT2D eigenvalue weighted by Crippen LogP contribution is 2.19. The van der Waals surface area contributed by atoms with E-state index in [0.29, 0.717) is 12.3 Å². The van der Waals surface area contributed by atoms with Gasteiger partial charge in [0, 0.05) is 12.6 Å². The number of aryl methyl sites for hydroxylation is 1. The molecule has 1 aromatic heterocycles. The SMILES string of the molecule is CCNCc1ccc(OCc2cc(C)no2)c(F)c1. The molecule has 0 spiro atoms. The van der Waals surface area contributed by atoms with Gasteiger partial charge in [-0.15, -0.1) is 0 Å². The molecule has 0 amide bonds. The molecule has 0 saturated heterocycles. The van der Waals surface area contributed by atoms with Crippen LogP contribution in [0.5, 0.6) is 5.75 Å². The summed E-state index contributed by atoms with van der Waals surface area (Å²) in [6, 6.07) is 6.71. The second-order valence-corrected chi connectivity index (χ2v) is 4.27. The Balaban J connectivity index is 1.96. The average Bonchev–Trinajstić information content (AvgIpc) is 2.81. The Bertz CT molecular complexity index is 540. The molecule has 0 atom stereocenters. The molecular weight excluding hydrogens is 247 g/mol. The summed E-state index contributed by atoms with van der Waals surface area (Å²) >= 11 is 0. The van der Waals surface area contributed by atoms with Gasteiger partial charge < -0.3 is 14.6 Å². The molecule has 1 N–H and O–H groups in total. The summed E-state index contributed by atoms with van der Waals surface area (Å²) in [6.07, 6.45) is 0. The summed E-state index contributed by atoms with van der Waals surface area (Å²) in [7, 11) is 0. The largest absolute Gasteiger partial charge is 0.482 e. The van der Waals surface area contributed by atoms with Crippen LogP contribution in [0.3, 0.4) is 0 Å². The second kappa shape index (κ2) is 6.33. The van der Waals surface area contributed by atoms with E-state index < -0.39 is 0 Å². The van der Waals surface area contributed by atoms with Crippen LogP contribution in [0.2, 0.25) is 0 Å². The fraction of sp³-hybridized carbons (Fsp3) is 0.357. The van der Waals surface area contributed by atoms with Crippen LogP contribution >= 0.6 is 0 Å². The van der Waals surface area contributed by atoms with Gasteiger partial charge in [0.05, 0.1) is 5.69 Å².